The van der Waals surface area contributed by atoms with Crippen molar-refractivity contribution in [3.05, 3.63) is 0 Å². The molecule has 0 aromatic rings. The van der Waals surface area contributed by atoms with Gasteiger partial charge in [-0.2, -0.15) is 0 Å². The molecule has 1 aliphatic carbocycles. The van der Waals surface area contributed by atoms with Gasteiger partial charge >= 0.3 is 0 Å². The summed E-state index contributed by atoms with van der Waals surface area (Å²) >= 11 is 0. The highest BCUT2D eigenvalue weighted by atomic mass is 15.2. The van der Waals surface area contributed by atoms with Gasteiger partial charge in [0.25, 0.3) is 0 Å². The summed E-state index contributed by atoms with van der Waals surface area (Å²) in [6, 6.07) is 2.15. The van der Waals surface area contributed by atoms with Gasteiger partial charge in [0.05, 0.1) is 0 Å². The first-order valence-electron chi connectivity index (χ1n) is 6.93. The van der Waals surface area contributed by atoms with E-state index in [4.69, 9.17) is 0 Å². The standard InChI is InChI=1S/C14H30N2/c1-11-6-8-14(9-7-11)16(5)13(3)10-12(2)15-4/h11-15H,6-10H2,1-5H3. The largest absolute Gasteiger partial charge is 0.317 e. The second-order valence-corrected chi connectivity index (χ2v) is 5.85. The fourth-order valence-corrected chi connectivity index (χ4v) is 2.81. The van der Waals surface area contributed by atoms with Crippen LogP contribution in [0, 0.1) is 5.92 Å². The van der Waals surface area contributed by atoms with Crippen LogP contribution in [0.25, 0.3) is 0 Å². The first kappa shape index (κ1) is 14.0. The molecule has 0 aliphatic heterocycles. The maximum Gasteiger partial charge on any atom is 0.00952 e. The predicted molar refractivity (Wildman–Crippen MR) is 71.8 cm³/mol. The number of hydrogen-bond acceptors (Lipinski definition) is 2. The Kier molecular flexibility index (Phi) is 5.77. The molecule has 0 bridgehead atoms. The monoisotopic (exact) mass is 226 g/mol. The lowest BCUT2D eigenvalue weighted by molar-refractivity contribution is 0.121. The van der Waals surface area contributed by atoms with E-state index in [0.29, 0.717) is 12.1 Å². The molecule has 2 unspecified atom stereocenters. The molecule has 0 aromatic heterocycles. The van der Waals surface area contributed by atoms with Gasteiger partial charge in [0, 0.05) is 18.1 Å². The van der Waals surface area contributed by atoms with E-state index in [2.05, 4.69) is 45.1 Å². The molecule has 1 rings (SSSR count). The summed E-state index contributed by atoms with van der Waals surface area (Å²) in [6.07, 6.45) is 6.89. The van der Waals surface area contributed by atoms with Crippen molar-refractivity contribution < 1.29 is 0 Å². The van der Waals surface area contributed by atoms with E-state index in [-0.39, 0.29) is 0 Å². The Morgan fingerprint density at radius 1 is 1.19 bits per heavy atom. The van der Waals surface area contributed by atoms with Crippen LogP contribution in [0.1, 0.15) is 52.9 Å². The number of rotatable bonds is 5. The van der Waals surface area contributed by atoms with Gasteiger partial charge in [-0.3, -0.25) is 0 Å². The van der Waals surface area contributed by atoms with Crippen LogP contribution in [-0.2, 0) is 0 Å². The molecular formula is C14H30N2. The molecule has 16 heavy (non-hydrogen) atoms. The summed E-state index contributed by atoms with van der Waals surface area (Å²) in [5.74, 6) is 0.955. The molecule has 1 N–H and O–H groups in total. The van der Waals surface area contributed by atoms with Gasteiger partial charge in [0.2, 0.25) is 0 Å². The zero-order valence-corrected chi connectivity index (χ0v) is 11.8. The topological polar surface area (TPSA) is 15.3 Å². The van der Waals surface area contributed by atoms with Gasteiger partial charge in [-0.1, -0.05) is 6.92 Å². The van der Waals surface area contributed by atoms with E-state index in [1.165, 1.54) is 32.1 Å². The minimum absolute atomic E-state index is 0.625. The summed E-state index contributed by atoms with van der Waals surface area (Å²) in [7, 11) is 4.37. The van der Waals surface area contributed by atoms with Gasteiger partial charge in [0.1, 0.15) is 0 Å². The molecule has 2 heteroatoms. The highest BCUT2D eigenvalue weighted by Crippen LogP contribution is 2.27. The van der Waals surface area contributed by atoms with Crippen LogP contribution >= 0.6 is 0 Å². The Labute approximate surface area is 102 Å². The number of hydrogen-bond donors (Lipinski definition) is 1. The molecule has 2 atom stereocenters. The number of nitrogens with zero attached hydrogens (tertiary/aromatic N) is 1. The zero-order chi connectivity index (χ0) is 12.1. The lowest BCUT2D eigenvalue weighted by Crippen LogP contribution is -2.43. The van der Waals surface area contributed by atoms with Crippen molar-refractivity contribution in [2.75, 3.05) is 14.1 Å². The molecule has 0 spiro atoms. The third kappa shape index (κ3) is 4.06. The summed E-state index contributed by atoms with van der Waals surface area (Å²) in [5, 5.41) is 3.33. The normalized spacial score (nSPS) is 30.4. The number of nitrogens with one attached hydrogen (secondary N) is 1. The van der Waals surface area contributed by atoms with Gasteiger partial charge in [-0.15, -0.1) is 0 Å². The maximum atomic E-state index is 3.33. The van der Waals surface area contributed by atoms with E-state index in [9.17, 15) is 0 Å². The average molecular weight is 226 g/mol. The Morgan fingerprint density at radius 3 is 2.25 bits per heavy atom. The third-order valence-corrected chi connectivity index (χ3v) is 4.44. The molecule has 1 fully saturated rings. The van der Waals surface area contributed by atoms with Crippen LogP contribution in [0.2, 0.25) is 0 Å². The van der Waals surface area contributed by atoms with E-state index < -0.39 is 0 Å². The van der Waals surface area contributed by atoms with Crippen LogP contribution < -0.4 is 5.32 Å². The lowest BCUT2D eigenvalue weighted by Gasteiger charge is -2.38. The SMILES string of the molecule is CNC(C)CC(C)N(C)C1CCC(C)CC1. The Balaban J connectivity index is 2.35. The van der Waals surface area contributed by atoms with Crippen molar-refractivity contribution in [1.82, 2.24) is 10.2 Å². The summed E-state index contributed by atoms with van der Waals surface area (Å²) in [4.78, 5) is 2.61. The van der Waals surface area contributed by atoms with Gasteiger partial charge in [0.15, 0.2) is 0 Å². The second-order valence-electron chi connectivity index (χ2n) is 5.85. The molecule has 96 valence electrons. The molecular weight excluding hydrogens is 196 g/mol. The van der Waals surface area contributed by atoms with Crippen LogP contribution in [0.5, 0.6) is 0 Å². The molecule has 0 radical (unpaired) electrons. The summed E-state index contributed by atoms with van der Waals surface area (Å²) < 4.78 is 0. The molecule has 1 saturated carbocycles. The fourth-order valence-electron chi connectivity index (χ4n) is 2.81. The van der Waals surface area contributed by atoms with Crippen molar-refractivity contribution >= 4 is 0 Å². The Bertz CT molecular complexity index is 185. The van der Waals surface area contributed by atoms with Gasteiger partial charge < -0.3 is 10.2 Å². The summed E-state index contributed by atoms with van der Waals surface area (Å²) in [6.45, 7) is 7.03. The second kappa shape index (κ2) is 6.61. The maximum absolute atomic E-state index is 3.33. The Hall–Kier alpha value is -0.0800. The van der Waals surface area contributed by atoms with Crippen LogP contribution in [0.4, 0.5) is 0 Å². The molecule has 2 nitrogen and oxygen atoms in total. The van der Waals surface area contributed by atoms with Crippen molar-refractivity contribution in [2.24, 2.45) is 5.92 Å². The van der Waals surface area contributed by atoms with Crippen LogP contribution in [-0.4, -0.2) is 37.1 Å². The molecule has 0 amide bonds. The lowest BCUT2D eigenvalue weighted by atomic mass is 9.86. The van der Waals surface area contributed by atoms with E-state index >= 15 is 0 Å². The van der Waals surface area contributed by atoms with Crippen molar-refractivity contribution in [3.63, 3.8) is 0 Å². The summed E-state index contributed by atoms with van der Waals surface area (Å²) in [5.41, 5.74) is 0. The highest BCUT2D eigenvalue weighted by Gasteiger charge is 2.24. The van der Waals surface area contributed by atoms with Gasteiger partial charge in [-0.25, -0.2) is 0 Å². The van der Waals surface area contributed by atoms with Crippen molar-refractivity contribution in [2.45, 2.75) is 71.0 Å². The van der Waals surface area contributed by atoms with Gasteiger partial charge in [-0.05, 0) is 66.0 Å². The fraction of sp³-hybridized carbons (Fsp3) is 1.00. The first-order chi connectivity index (χ1) is 7.54. The van der Waals surface area contributed by atoms with E-state index in [1.807, 2.05) is 0 Å². The average Bonchev–Trinajstić information content (AvgIpc) is 2.28. The van der Waals surface area contributed by atoms with Crippen LogP contribution in [0.15, 0.2) is 0 Å². The third-order valence-electron chi connectivity index (χ3n) is 4.44. The minimum atomic E-state index is 0.625. The van der Waals surface area contributed by atoms with Crippen molar-refractivity contribution in [3.8, 4) is 0 Å². The minimum Gasteiger partial charge on any atom is -0.317 e. The molecule has 0 aromatic carbocycles. The van der Waals surface area contributed by atoms with Crippen LogP contribution in [0.3, 0.4) is 0 Å². The Morgan fingerprint density at radius 2 is 1.75 bits per heavy atom. The predicted octanol–water partition coefficient (Wildman–Crippen LogP) is 2.88. The first-order valence-corrected chi connectivity index (χ1v) is 6.93. The molecule has 0 saturated heterocycles. The smallest absolute Gasteiger partial charge is 0.00952 e. The molecule has 1 aliphatic rings. The van der Waals surface area contributed by atoms with Crippen molar-refractivity contribution in [1.29, 1.82) is 0 Å². The zero-order valence-electron chi connectivity index (χ0n) is 11.8. The highest BCUT2D eigenvalue weighted by molar-refractivity contribution is 4.80. The molecule has 0 heterocycles. The van der Waals surface area contributed by atoms with E-state index in [0.717, 1.165) is 12.0 Å². The quantitative estimate of drug-likeness (QED) is 0.775. The van der Waals surface area contributed by atoms with E-state index in [1.54, 1.807) is 0 Å².